The highest BCUT2D eigenvalue weighted by Gasteiger charge is 2.34. The van der Waals surface area contributed by atoms with Gasteiger partial charge in [-0.15, -0.1) is 11.3 Å². The first-order valence-corrected chi connectivity index (χ1v) is 8.09. The van der Waals surface area contributed by atoms with Crippen molar-refractivity contribution in [2.45, 2.75) is 31.2 Å². The molecule has 1 fully saturated rings. The van der Waals surface area contributed by atoms with Crippen LogP contribution in [0.4, 0.5) is 0 Å². The van der Waals surface area contributed by atoms with Gasteiger partial charge in [-0.3, -0.25) is 4.79 Å². The average molecular weight is 302 g/mol. The molecule has 1 amide bonds. The fourth-order valence-corrected chi connectivity index (χ4v) is 3.40. The van der Waals surface area contributed by atoms with Crippen LogP contribution in [0.5, 0.6) is 0 Å². The summed E-state index contributed by atoms with van der Waals surface area (Å²) in [6, 6.07) is 7.43. The van der Waals surface area contributed by atoms with Gasteiger partial charge in [0.2, 0.25) is 0 Å². The lowest BCUT2D eigenvalue weighted by Gasteiger charge is -2.28. The number of hydrogen-bond donors (Lipinski definition) is 2. The third-order valence-electron chi connectivity index (χ3n) is 4.12. The van der Waals surface area contributed by atoms with Crippen molar-refractivity contribution < 1.29 is 9.90 Å². The molecule has 0 spiro atoms. The molecular formula is C16H18N2O2S. The molecule has 1 aromatic carbocycles. The first-order valence-electron chi connectivity index (χ1n) is 7.14. The molecule has 2 aromatic rings. The number of amides is 1. The third-order valence-corrected chi connectivity index (χ3v) is 4.70. The first kappa shape index (κ1) is 14.2. The minimum atomic E-state index is -0.426. The van der Waals surface area contributed by atoms with Gasteiger partial charge in [-0.2, -0.15) is 0 Å². The molecule has 0 atom stereocenters. The number of benzene rings is 1. The molecule has 1 heterocycles. The number of aliphatic hydroxyl groups is 1. The van der Waals surface area contributed by atoms with Crippen LogP contribution in [0.2, 0.25) is 0 Å². The van der Waals surface area contributed by atoms with Crippen molar-refractivity contribution in [3.8, 4) is 11.3 Å². The van der Waals surface area contributed by atoms with Crippen molar-refractivity contribution in [3.63, 3.8) is 0 Å². The minimum Gasteiger partial charge on any atom is -0.394 e. The van der Waals surface area contributed by atoms with Crippen molar-refractivity contribution in [1.82, 2.24) is 10.3 Å². The Bertz CT molecular complexity index is 602. The second kappa shape index (κ2) is 5.95. The monoisotopic (exact) mass is 302 g/mol. The van der Waals surface area contributed by atoms with E-state index in [0.29, 0.717) is 5.56 Å². The van der Waals surface area contributed by atoms with Crippen LogP contribution in [0, 0.1) is 0 Å². The van der Waals surface area contributed by atoms with E-state index in [4.69, 9.17) is 0 Å². The quantitative estimate of drug-likeness (QED) is 0.913. The van der Waals surface area contributed by atoms with Gasteiger partial charge in [0.15, 0.2) is 0 Å². The Balaban J connectivity index is 1.73. The van der Waals surface area contributed by atoms with Crippen molar-refractivity contribution in [1.29, 1.82) is 0 Å². The summed E-state index contributed by atoms with van der Waals surface area (Å²) in [5.74, 6) is -0.115. The van der Waals surface area contributed by atoms with E-state index in [2.05, 4.69) is 10.3 Å². The average Bonchev–Trinajstić information content (AvgIpc) is 3.19. The summed E-state index contributed by atoms with van der Waals surface area (Å²) in [4.78, 5) is 16.6. The van der Waals surface area contributed by atoms with Crippen molar-refractivity contribution in [2.75, 3.05) is 6.61 Å². The van der Waals surface area contributed by atoms with Gasteiger partial charge >= 0.3 is 0 Å². The van der Waals surface area contributed by atoms with E-state index < -0.39 is 5.54 Å². The van der Waals surface area contributed by atoms with Gasteiger partial charge in [-0.05, 0) is 25.0 Å². The normalized spacial score (nSPS) is 16.8. The van der Waals surface area contributed by atoms with Crippen LogP contribution >= 0.6 is 11.3 Å². The molecule has 5 heteroatoms. The van der Waals surface area contributed by atoms with Crippen molar-refractivity contribution >= 4 is 17.2 Å². The second-order valence-corrected chi connectivity index (χ2v) is 6.27. The van der Waals surface area contributed by atoms with Crippen LogP contribution in [0.25, 0.3) is 11.3 Å². The molecular weight excluding hydrogens is 284 g/mol. The first-order chi connectivity index (χ1) is 10.2. The van der Waals surface area contributed by atoms with Gasteiger partial charge < -0.3 is 10.4 Å². The number of hydrogen-bond acceptors (Lipinski definition) is 4. The van der Waals surface area contributed by atoms with E-state index >= 15 is 0 Å². The zero-order valence-electron chi connectivity index (χ0n) is 11.7. The number of nitrogens with one attached hydrogen (secondary N) is 1. The molecule has 2 N–H and O–H groups in total. The summed E-state index contributed by atoms with van der Waals surface area (Å²) in [6.07, 6.45) is 3.82. The number of aliphatic hydroxyl groups excluding tert-OH is 1. The predicted molar refractivity (Wildman–Crippen MR) is 83.3 cm³/mol. The molecule has 1 aliphatic rings. The van der Waals surface area contributed by atoms with Gasteiger partial charge in [-0.1, -0.05) is 25.0 Å². The number of rotatable bonds is 4. The number of thiazole rings is 1. The van der Waals surface area contributed by atoms with Crippen LogP contribution in [-0.4, -0.2) is 28.1 Å². The van der Waals surface area contributed by atoms with E-state index in [1.165, 1.54) is 0 Å². The van der Waals surface area contributed by atoms with Gasteiger partial charge in [0, 0.05) is 16.5 Å². The van der Waals surface area contributed by atoms with Crippen molar-refractivity contribution in [2.24, 2.45) is 0 Å². The molecule has 0 unspecified atom stereocenters. The van der Waals surface area contributed by atoms with E-state index in [9.17, 15) is 9.90 Å². The largest absolute Gasteiger partial charge is 0.394 e. The summed E-state index contributed by atoms with van der Waals surface area (Å²) in [6.45, 7) is 0.00957. The highest BCUT2D eigenvalue weighted by atomic mass is 32.1. The lowest BCUT2D eigenvalue weighted by molar-refractivity contribution is 0.0838. The van der Waals surface area contributed by atoms with E-state index in [-0.39, 0.29) is 12.5 Å². The van der Waals surface area contributed by atoms with Gasteiger partial charge in [0.25, 0.3) is 5.91 Å². The van der Waals surface area contributed by atoms with Gasteiger partial charge in [0.05, 0.1) is 23.4 Å². The molecule has 0 saturated heterocycles. The van der Waals surface area contributed by atoms with E-state index in [1.807, 2.05) is 29.6 Å². The summed E-state index contributed by atoms with van der Waals surface area (Å²) < 4.78 is 0. The highest BCUT2D eigenvalue weighted by Crippen LogP contribution is 2.29. The maximum Gasteiger partial charge on any atom is 0.251 e. The van der Waals surface area contributed by atoms with Crippen molar-refractivity contribution in [3.05, 3.63) is 40.7 Å². The smallest absolute Gasteiger partial charge is 0.251 e. The Hall–Kier alpha value is -1.72. The van der Waals surface area contributed by atoms with Gasteiger partial charge in [0.1, 0.15) is 0 Å². The summed E-state index contributed by atoms with van der Waals surface area (Å²) in [7, 11) is 0. The lowest BCUT2D eigenvalue weighted by Crippen LogP contribution is -2.49. The van der Waals surface area contributed by atoms with Crippen LogP contribution < -0.4 is 5.32 Å². The Labute approximate surface area is 127 Å². The highest BCUT2D eigenvalue weighted by molar-refractivity contribution is 7.07. The standard InChI is InChI=1S/C16H18N2O2S/c19-10-16(7-1-2-8-16)18-15(20)13-5-3-12(4-6-13)14-9-21-11-17-14/h3-6,9,11,19H,1-2,7-8,10H2,(H,18,20). The minimum absolute atomic E-state index is 0.00957. The molecule has 0 bridgehead atoms. The Morgan fingerprint density at radius 2 is 2.00 bits per heavy atom. The van der Waals surface area contributed by atoms with E-state index in [1.54, 1.807) is 16.8 Å². The summed E-state index contributed by atoms with van der Waals surface area (Å²) >= 11 is 1.55. The van der Waals surface area contributed by atoms with Crippen LogP contribution in [0.15, 0.2) is 35.2 Å². The predicted octanol–water partition coefficient (Wildman–Crippen LogP) is 2.85. The Morgan fingerprint density at radius 1 is 1.29 bits per heavy atom. The second-order valence-electron chi connectivity index (χ2n) is 5.55. The maximum absolute atomic E-state index is 12.3. The number of nitrogens with zero attached hydrogens (tertiary/aromatic N) is 1. The Morgan fingerprint density at radius 3 is 2.57 bits per heavy atom. The molecule has 0 radical (unpaired) electrons. The van der Waals surface area contributed by atoms with Crippen LogP contribution in [-0.2, 0) is 0 Å². The molecule has 0 aliphatic heterocycles. The molecule has 1 saturated carbocycles. The molecule has 3 rings (SSSR count). The SMILES string of the molecule is O=C(NC1(CO)CCCC1)c1ccc(-c2cscn2)cc1. The van der Waals surface area contributed by atoms with Gasteiger partial charge in [-0.25, -0.2) is 4.98 Å². The molecule has 1 aromatic heterocycles. The number of carbonyl (C=O) groups is 1. The molecule has 1 aliphatic carbocycles. The fraction of sp³-hybridized carbons (Fsp3) is 0.375. The third kappa shape index (κ3) is 2.99. The number of aromatic nitrogens is 1. The topological polar surface area (TPSA) is 62.2 Å². The molecule has 4 nitrogen and oxygen atoms in total. The van der Waals surface area contributed by atoms with Crippen LogP contribution in [0.3, 0.4) is 0 Å². The molecule has 21 heavy (non-hydrogen) atoms. The van der Waals surface area contributed by atoms with Crippen LogP contribution in [0.1, 0.15) is 36.0 Å². The maximum atomic E-state index is 12.3. The summed E-state index contributed by atoms with van der Waals surface area (Å²) in [5, 5.41) is 14.6. The zero-order valence-corrected chi connectivity index (χ0v) is 12.5. The number of carbonyl (C=O) groups excluding carboxylic acids is 1. The Kier molecular flexibility index (Phi) is 4.03. The molecule has 110 valence electrons. The zero-order chi connectivity index (χ0) is 14.7. The fourth-order valence-electron chi connectivity index (χ4n) is 2.83. The lowest BCUT2D eigenvalue weighted by atomic mass is 9.98. The van der Waals surface area contributed by atoms with E-state index in [0.717, 1.165) is 36.9 Å². The summed E-state index contributed by atoms with van der Waals surface area (Å²) in [5.41, 5.74) is 3.92.